The van der Waals surface area contributed by atoms with Crippen molar-refractivity contribution in [3.8, 4) is 6.07 Å². The Morgan fingerprint density at radius 1 is 1.14 bits per heavy atom. The van der Waals surface area contributed by atoms with E-state index in [-0.39, 0.29) is 11.4 Å². The Hall–Kier alpha value is -2.66. The highest BCUT2D eigenvalue weighted by Crippen LogP contribution is 2.23. The normalized spacial score (nSPS) is 10.9. The minimum Gasteiger partial charge on any atom is -0.396 e. The molecular formula is C13H9F2N3O2S. The van der Waals surface area contributed by atoms with Crippen LogP contribution in [-0.2, 0) is 10.0 Å². The number of rotatable bonds is 3. The Morgan fingerprint density at radius 3 is 2.48 bits per heavy atom. The molecule has 0 fully saturated rings. The monoisotopic (exact) mass is 309 g/mol. The summed E-state index contributed by atoms with van der Waals surface area (Å²) >= 11 is 0. The number of nitrogens with one attached hydrogen (secondary N) is 1. The third kappa shape index (κ3) is 2.93. The number of nitrogen functional groups attached to an aromatic ring is 1. The fourth-order valence-corrected chi connectivity index (χ4v) is 2.87. The van der Waals surface area contributed by atoms with Crippen LogP contribution in [0.25, 0.3) is 0 Å². The molecule has 21 heavy (non-hydrogen) atoms. The van der Waals surface area contributed by atoms with Crippen molar-refractivity contribution < 1.29 is 17.2 Å². The highest BCUT2D eigenvalue weighted by Gasteiger charge is 2.21. The molecule has 0 heterocycles. The molecule has 3 N–H and O–H groups in total. The molecule has 0 aliphatic heterocycles. The second-order valence-electron chi connectivity index (χ2n) is 4.07. The van der Waals surface area contributed by atoms with Crippen molar-refractivity contribution in [3.63, 3.8) is 0 Å². The number of sulfonamides is 1. The zero-order valence-corrected chi connectivity index (χ0v) is 11.3. The fraction of sp³-hybridized carbons (Fsp3) is 0. The van der Waals surface area contributed by atoms with Crippen molar-refractivity contribution >= 4 is 21.4 Å². The van der Waals surface area contributed by atoms with Gasteiger partial charge in [-0.05, 0) is 30.3 Å². The Morgan fingerprint density at radius 2 is 1.86 bits per heavy atom. The first-order valence-electron chi connectivity index (χ1n) is 5.61. The van der Waals surface area contributed by atoms with Crippen LogP contribution in [0.15, 0.2) is 41.3 Å². The molecule has 2 aromatic carbocycles. The van der Waals surface area contributed by atoms with E-state index in [1.807, 2.05) is 0 Å². The van der Waals surface area contributed by atoms with Crippen molar-refractivity contribution in [1.29, 1.82) is 5.26 Å². The van der Waals surface area contributed by atoms with Gasteiger partial charge >= 0.3 is 0 Å². The lowest BCUT2D eigenvalue weighted by Crippen LogP contribution is -2.15. The standard InChI is InChI=1S/C13H9F2N3O2S/c14-10-2-1-3-13(9(10)7-16)21(19,20)18-8-4-5-11(15)12(17)6-8/h1-6,18H,17H2. The third-order valence-electron chi connectivity index (χ3n) is 2.62. The largest absolute Gasteiger partial charge is 0.396 e. The van der Waals surface area contributed by atoms with Crippen LogP contribution in [0.3, 0.4) is 0 Å². The summed E-state index contributed by atoms with van der Waals surface area (Å²) in [6.07, 6.45) is 0. The van der Waals surface area contributed by atoms with Gasteiger partial charge in [-0.3, -0.25) is 4.72 Å². The number of benzene rings is 2. The Labute approximate surface area is 119 Å². The lowest BCUT2D eigenvalue weighted by Gasteiger charge is -2.10. The third-order valence-corrected chi connectivity index (χ3v) is 4.05. The predicted molar refractivity (Wildman–Crippen MR) is 72.7 cm³/mol. The Bertz CT molecular complexity index is 845. The van der Waals surface area contributed by atoms with Gasteiger partial charge < -0.3 is 5.73 Å². The van der Waals surface area contributed by atoms with Gasteiger partial charge in [-0.25, -0.2) is 17.2 Å². The van der Waals surface area contributed by atoms with Crippen LogP contribution in [-0.4, -0.2) is 8.42 Å². The minimum atomic E-state index is -4.20. The van der Waals surface area contributed by atoms with Gasteiger partial charge in [-0.1, -0.05) is 6.07 Å². The van der Waals surface area contributed by atoms with Crippen LogP contribution in [0.1, 0.15) is 5.56 Å². The average Bonchev–Trinajstić information content (AvgIpc) is 2.42. The van der Waals surface area contributed by atoms with E-state index >= 15 is 0 Å². The molecule has 108 valence electrons. The summed E-state index contributed by atoms with van der Waals surface area (Å²) in [6.45, 7) is 0. The highest BCUT2D eigenvalue weighted by atomic mass is 32.2. The maximum Gasteiger partial charge on any atom is 0.263 e. The summed E-state index contributed by atoms with van der Waals surface area (Å²) in [5, 5.41) is 8.86. The molecule has 0 aliphatic rings. The number of nitriles is 1. The quantitative estimate of drug-likeness (QED) is 0.850. The molecule has 0 radical (unpaired) electrons. The summed E-state index contributed by atoms with van der Waals surface area (Å²) < 4.78 is 52.9. The zero-order valence-electron chi connectivity index (χ0n) is 10.5. The molecule has 0 saturated heterocycles. The van der Waals surface area contributed by atoms with E-state index in [0.29, 0.717) is 0 Å². The smallest absolute Gasteiger partial charge is 0.263 e. The first kappa shape index (κ1) is 14.7. The van der Waals surface area contributed by atoms with Crippen molar-refractivity contribution in [3.05, 3.63) is 53.6 Å². The van der Waals surface area contributed by atoms with Gasteiger partial charge in [0.05, 0.1) is 11.4 Å². The van der Waals surface area contributed by atoms with Gasteiger partial charge in [-0.2, -0.15) is 5.26 Å². The number of nitrogens with two attached hydrogens (primary N) is 1. The van der Waals surface area contributed by atoms with Crippen LogP contribution < -0.4 is 10.5 Å². The lowest BCUT2D eigenvalue weighted by molar-refractivity contribution is 0.593. The second-order valence-corrected chi connectivity index (χ2v) is 5.72. The number of halogens is 2. The molecule has 0 atom stereocenters. The lowest BCUT2D eigenvalue weighted by atomic mass is 10.2. The number of anilines is 2. The Kier molecular flexibility index (Phi) is 3.78. The molecule has 0 unspecified atom stereocenters. The summed E-state index contributed by atoms with van der Waals surface area (Å²) in [5.74, 6) is -1.64. The van der Waals surface area contributed by atoms with E-state index in [1.54, 1.807) is 0 Å². The van der Waals surface area contributed by atoms with Gasteiger partial charge in [0.2, 0.25) is 0 Å². The van der Waals surface area contributed by atoms with Crippen molar-refractivity contribution in [2.45, 2.75) is 4.90 Å². The summed E-state index contributed by atoms with van der Waals surface area (Å²) in [4.78, 5) is -0.507. The van der Waals surface area contributed by atoms with E-state index < -0.39 is 32.1 Å². The van der Waals surface area contributed by atoms with Crippen molar-refractivity contribution in [2.24, 2.45) is 0 Å². The molecule has 0 saturated carbocycles. The Balaban J connectivity index is 2.46. The van der Waals surface area contributed by atoms with Gasteiger partial charge in [0.15, 0.2) is 0 Å². The predicted octanol–water partition coefficient (Wildman–Crippen LogP) is 2.22. The fourth-order valence-electron chi connectivity index (χ4n) is 1.65. The number of hydrogen-bond donors (Lipinski definition) is 2. The van der Waals surface area contributed by atoms with Gasteiger partial charge in [-0.15, -0.1) is 0 Å². The van der Waals surface area contributed by atoms with Gasteiger partial charge in [0.1, 0.15) is 28.2 Å². The van der Waals surface area contributed by atoms with Crippen LogP contribution >= 0.6 is 0 Å². The molecule has 0 aromatic heterocycles. The average molecular weight is 309 g/mol. The maximum absolute atomic E-state index is 13.5. The summed E-state index contributed by atoms with van der Waals surface area (Å²) in [7, 11) is -4.20. The van der Waals surface area contributed by atoms with Crippen molar-refractivity contribution in [1.82, 2.24) is 0 Å². The second kappa shape index (κ2) is 5.38. The van der Waals surface area contributed by atoms with E-state index in [2.05, 4.69) is 4.72 Å². The van der Waals surface area contributed by atoms with E-state index in [4.69, 9.17) is 11.0 Å². The highest BCUT2D eigenvalue weighted by molar-refractivity contribution is 7.92. The molecule has 8 heteroatoms. The van der Waals surface area contributed by atoms with Gasteiger partial charge in [0.25, 0.3) is 10.0 Å². The minimum absolute atomic E-state index is 0.00190. The molecular weight excluding hydrogens is 300 g/mol. The van der Waals surface area contributed by atoms with Gasteiger partial charge in [0, 0.05) is 0 Å². The maximum atomic E-state index is 13.5. The molecule has 0 aliphatic carbocycles. The zero-order chi connectivity index (χ0) is 15.6. The molecule has 0 bridgehead atoms. The molecule has 5 nitrogen and oxygen atoms in total. The van der Waals surface area contributed by atoms with Crippen LogP contribution in [0.4, 0.5) is 20.2 Å². The molecule has 2 aromatic rings. The van der Waals surface area contributed by atoms with E-state index in [9.17, 15) is 17.2 Å². The van der Waals surface area contributed by atoms with Crippen LogP contribution in [0, 0.1) is 23.0 Å². The number of hydrogen-bond acceptors (Lipinski definition) is 4. The summed E-state index contributed by atoms with van der Waals surface area (Å²) in [5.41, 5.74) is 4.50. The first-order valence-corrected chi connectivity index (χ1v) is 7.10. The topological polar surface area (TPSA) is 96.0 Å². The van der Waals surface area contributed by atoms with Crippen molar-refractivity contribution in [2.75, 3.05) is 10.5 Å². The molecule has 2 rings (SSSR count). The van der Waals surface area contributed by atoms with Crippen LogP contribution in [0.2, 0.25) is 0 Å². The van der Waals surface area contributed by atoms with E-state index in [1.165, 1.54) is 12.1 Å². The SMILES string of the molecule is N#Cc1c(F)cccc1S(=O)(=O)Nc1ccc(F)c(N)c1. The summed E-state index contributed by atoms with van der Waals surface area (Å²) in [6, 6.07) is 7.97. The van der Waals surface area contributed by atoms with E-state index in [0.717, 1.165) is 30.3 Å². The van der Waals surface area contributed by atoms with Crippen LogP contribution in [0.5, 0.6) is 0 Å². The molecule has 0 spiro atoms. The first-order chi connectivity index (χ1) is 9.85. The number of nitrogens with zero attached hydrogens (tertiary/aromatic N) is 1. The molecule has 0 amide bonds.